The summed E-state index contributed by atoms with van der Waals surface area (Å²) in [5.41, 5.74) is 5.77. The van der Waals surface area contributed by atoms with Crippen LogP contribution in [0.25, 0.3) is 22.4 Å². The number of H-pyrrole nitrogens is 1. The molecule has 35 heavy (non-hydrogen) atoms. The first-order chi connectivity index (χ1) is 16.9. The molecule has 0 fully saturated rings. The number of aromatic amines is 1. The minimum absolute atomic E-state index is 0.135. The Kier molecular flexibility index (Phi) is 5.73. The number of aromatic hydroxyl groups is 1. The molecule has 0 radical (unpaired) electrons. The molecule has 4 aromatic carbocycles. The van der Waals surface area contributed by atoms with Gasteiger partial charge in [-0.1, -0.05) is 17.7 Å². The number of imidazole rings is 1. The van der Waals surface area contributed by atoms with Gasteiger partial charge in [0.15, 0.2) is 0 Å². The van der Waals surface area contributed by atoms with Gasteiger partial charge in [-0.2, -0.15) is 0 Å². The zero-order chi connectivity index (χ0) is 24.4. The largest absolute Gasteiger partial charge is 0.508 e. The zero-order valence-corrected chi connectivity index (χ0v) is 18.9. The molecule has 4 N–H and O–H groups in total. The fraction of sp³-hybridized carbons (Fsp3) is 0.0357. The summed E-state index contributed by atoms with van der Waals surface area (Å²) < 4.78 is 0. The van der Waals surface area contributed by atoms with Gasteiger partial charge in [-0.3, -0.25) is 9.59 Å². The summed E-state index contributed by atoms with van der Waals surface area (Å²) in [6.07, 6.45) is 0. The van der Waals surface area contributed by atoms with Crippen LogP contribution in [0.1, 0.15) is 26.3 Å². The number of aryl methyl sites for hydroxylation is 1. The van der Waals surface area contributed by atoms with Crippen LogP contribution in [0.15, 0.2) is 91.0 Å². The second-order valence-corrected chi connectivity index (χ2v) is 8.22. The van der Waals surface area contributed by atoms with E-state index in [0.29, 0.717) is 28.3 Å². The number of hydrogen-bond acceptors (Lipinski definition) is 4. The van der Waals surface area contributed by atoms with E-state index in [4.69, 9.17) is 0 Å². The number of carbonyl (C=O) groups is 2. The minimum atomic E-state index is -0.262. The summed E-state index contributed by atoms with van der Waals surface area (Å²) in [4.78, 5) is 32.9. The van der Waals surface area contributed by atoms with Crippen LogP contribution in [-0.2, 0) is 0 Å². The van der Waals surface area contributed by atoms with Crippen molar-refractivity contribution >= 4 is 34.2 Å². The lowest BCUT2D eigenvalue weighted by atomic mass is 10.1. The summed E-state index contributed by atoms with van der Waals surface area (Å²) in [6, 6.07) is 26.3. The van der Waals surface area contributed by atoms with Crippen LogP contribution in [-0.4, -0.2) is 26.9 Å². The lowest BCUT2D eigenvalue weighted by Gasteiger charge is -2.06. The average molecular weight is 463 g/mol. The summed E-state index contributed by atoms with van der Waals surface area (Å²) in [5, 5.41) is 15.1. The van der Waals surface area contributed by atoms with Crippen molar-refractivity contribution in [2.45, 2.75) is 6.92 Å². The van der Waals surface area contributed by atoms with E-state index in [1.165, 1.54) is 12.1 Å². The molecule has 0 bridgehead atoms. The molecule has 0 saturated heterocycles. The summed E-state index contributed by atoms with van der Waals surface area (Å²) in [5.74, 6) is 0.366. The Labute approximate surface area is 201 Å². The van der Waals surface area contributed by atoms with E-state index in [0.717, 1.165) is 22.2 Å². The SMILES string of the molecule is Cc1ccc(C(=O)Nc2ccc(-c3nc4ccc(C(=O)Nc5ccc(O)cc5)cc4[nH]3)cc2)cc1. The van der Waals surface area contributed by atoms with E-state index in [1.807, 2.05) is 43.3 Å². The molecule has 0 aliphatic carbocycles. The number of rotatable bonds is 5. The molecule has 172 valence electrons. The summed E-state index contributed by atoms with van der Waals surface area (Å²) >= 11 is 0. The number of anilines is 2. The molecule has 0 aliphatic rings. The van der Waals surface area contributed by atoms with Gasteiger partial charge in [0.2, 0.25) is 0 Å². The van der Waals surface area contributed by atoms with Gasteiger partial charge < -0.3 is 20.7 Å². The highest BCUT2D eigenvalue weighted by molar-refractivity contribution is 6.06. The lowest BCUT2D eigenvalue weighted by molar-refractivity contribution is 0.101. The van der Waals surface area contributed by atoms with Crippen LogP contribution >= 0.6 is 0 Å². The van der Waals surface area contributed by atoms with Gasteiger partial charge in [0, 0.05) is 28.1 Å². The standard InChI is InChI=1S/C28H22N4O3/c1-17-2-4-19(5-3-17)27(34)29-21-9-6-18(7-10-21)26-31-24-15-8-20(16-25(24)32-26)28(35)30-22-11-13-23(33)14-12-22/h2-16,33H,1H3,(H,29,34)(H,30,35)(H,31,32). The van der Waals surface area contributed by atoms with Crippen molar-refractivity contribution in [3.05, 3.63) is 108 Å². The highest BCUT2D eigenvalue weighted by Gasteiger charge is 2.11. The van der Waals surface area contributed by atoms with E-state index in [-0.39, 0.29) is 17.6 Å². The normalized spacial score (nSPS) is 10.8. The van der Waals surface area contributed by atoms with Crippen LogP contribution in [0.5, 0.6) is 5.75 Å². The van der Waals surface area contributed by atoms with Crippen molar-refractivity contribution in [2.75, 3.05) is 10.6 Å². The number of amides is 2. The van der Waals surface area contributed by atoms with Crippen LogP contribution in [0.4, 0.5) is 11.4 Å². The number of nitrogens with one attached hydrogen (secondary N) is 3. The van der Waals surface area contributed by atoms with Gasteiger partial charge in [-0.25, -0.2) is 4.98 Å². The van der Waals surface area contributed by atoms with Crippen molar-refractivity contribution in [1.82, 2.24) is 9.97 Å². The number of aromatic nitrogens is 2. The van der Waals surface area contributed by atoms with Crippen LogP contribution in [0, 0.1) is 6.92 Å². The smallest absolute Gasteiger partial charge is 0.255 e. The number of phenolic OH excluding ortho intramolecular Hbond substituents is 1. The Bertz CT molecular complexity index is 1520. The van der Waals surface area contributed by atoms with Gasteiger partial charge in [0.1, 0.15) is 11.6 Å². The highest BCUT2D eigenvalue weighted by atomic mass is 16.3. The van der Waals surface area contributed by atoms with Crippen molar-refractivity contribution in [3.8, 4) is 17.1 Å². The molecule has 1 heterocycles. The molecule has 5 rings (SSSR count). The molecule has 0 atom stereocenters. The van der Waals surface area contributed by atoms with Gasteiger partial charge in [0.25, 0.3) is 11.8 Å². The summed E-state index contributed by atoms with van der Waals surface area (Å²) in [7, 11) is 0. The molecule has 2 amide bonds. The molecule has 5 aromatic rings. The minimum Gasteiger partial charge on any atom is -0.508 e. The van der Waals surface area contributed by atoms with Crippen LogP contribution in [0.2, 0.25) is 0 Å². The Hall–Kier alpha value is -4.91. The van der Waals surface area contributed by atoms with Crippen LogP contribution < -0.4 is 10.6 Å². The molecule has 0 unspecified atom stereocenters. The lowest BCUT2D eigenvalue weighted by Crippen LogP contribution is -2.11. The van der Waals surface area contributed by atoms with Gasteiger partial charge >= 0.3 is 0 Å². The third-order valence-corrected chi connectivity index (χ3v) is 5.60. The monoisotopic (exact) mass is 462 g/mol. The molecular formula is C28H22N4O3. The van der Waals surface area contributed by atoms with Gasteiger partial charge in [-0.05, 0) is 85.8 Å². The maximum absolute atomic E-state index is 12.6. The highest BCUT2D eigenvalue weighted by Crippen LogP contribution is 2.24. The average Bonchev–Trinajstić information content (AvgIpc) is 3.30. The fourth-order valence-corrected chi connectivity index (χ4v) is 3.66. The van der Waals surface area contributed by atoms with Gasteiger partial charge in [-0.15, -0.1) is 0 Å². The first-order valence-electron chi connectivity index (χ1n) is 11.0. The number of benzene rings is 4. The van der Waals surface area contributed by atoms with E-state index < -0.39 is 0 Å². The first kappa shape index (κ1) is 21.9. The molecule has 1 aromatic heterocycles. The maximum atomic E-state index is 12.6. The number of phenols is 1. The zero-order valence-electron chi connectivity index (χ0n) is 18.9. The second kappa shape index (κ2) is 9.15. The molecule has 0 saturated carbocycles. The van der Waals surface area contributed by atoms with E-state index in [2.05, 4.69) is 20.6 Å². The number of carbonyl (C=O) groups excluding carboxylic acids is 2. The number of nitrogens with zero attached hydrogens (tertiary/aromatic N) is 1. The summed E-state index contributed by atoms with van der Waals surface area (Å²) in [6.45, 7) is 1.98. The van der Waals surface area contributed by atoms with Crippen LogP contribution in [0.3, 0.4) is 0 Å². The van der Waals surface area contributed by atoms with Crippen molar-refractivity contribution in [2.24, 2.45) is 0 Å². The Morgan fingerprint density at radius 2 is 1.31 bits per heavy atom. The third kappa shape index (κ3) is 4.89. The Balaban J connectivity index is 1.30. The van der Waals surface area contributed by atoms with E-state index in [1.54, 1.807) is 42.5 Å². The van der Waals surface area contributed by atoms with Crippen molar-refractivity contribution < 1.29 is 14.7 Å². The second-order valence-electron chi connectivity index (χ2n) is 8.22. The molecule has 0 spiro atoms. The van der Waals surface area contributed by atoms with Crippen molar-refractivity contribution in [1.29, 1.82) is 0 Å². The van der Waals surface area contributed by atoms with E-state index >= 15 is 0 Å². The number of hydrogen-bond donors (Lipinski definition) is 4. The molecule has 0 aliphatic heterocycles. The first-order valence-corrected chi connectivity index (χ1v) is 11.0. The topological polar surface area (TPSA) is 107 Å². The molecule has 7 heteroatoms. The third-order valence-electron chi connectivity index (χ3n) is 5.60. The quantitative estimate of drug-likeness (QED) is 0.250. The Morgan fingerprint density at radius 1 is 0.743 bits per heavy atom. The van der Waals surface area contributed by atoms with E-state index in [9.17, 15) is 14.7 Å². The fourth-order valence-electron chi connectivity index (χ4n) is 3.66. The Morgan fingerprint density at radius 3 is 1.97 bits per heavy atom. The number of fused-ring (bicyclic) bond motifs is 1. The molecular weight excluding hydrogens is 440 g/mol. The maximum Gasteiger partial charge on any atom is 0.255 e. The molecule has 7 nitrogen and oxygen atoms in total. The van der Waals surface area contributed by atoms with Gasteiger partial charge in [0.05, 0.1) is 11.0 Å². The van der Waals surface area contributed by atoms with Crippen molar-refractivity contribution in [3.63, 3.8) is 0 Å². The predicted octanol–water partition coefficient (Wildman–Crippen LogP) is 5.75. The predicted molar refractivity (Wildman–Crippen MR) is 137 cm³/mol.